The van der Waals surface area contributed by atoms with Crippen LogP contribution >= 0.6 is 0 Å². The molecule has 0 aromatic heterocycles. The monoisotopic (exact) mass is 618 g/mol. The SMILES string of the molecule is CC1(C)CC(=O)[C@]2(C)CC[C@]3(C)C(=CC[C@@H]4[C@@]5(C)CC[C@H](O[C@@H]6O[C@H](CO)[C@@H](O)[C@H](O)[C@H]6O)[C@](C)(CO)[C@@H]5CC[C@]43C)[C@@H]2C1. The Morgan fingerprint density at radius 3 is 2.25 bits per heavy atom. The average Bonchev–Trinajstić information content (AvgIpc) is 2.96. The maximum atomic E-state index is 13.6. The van der Waals surface area contributed by atoms with E-state index < -0.39 is 48.8 Å². The second-order valence-electron chi connectivity index (χ2n) is 17.8. The van der Waals surface area contributed by atoms with E-state index in [0.29, 0.717) is 30.5 Å². The van der Waals surface area contributed by atoms with Crippen LogP contribution < -0.4 is 0 Å². The smallest absolute Gasteiger partial charge is 0.186 e. The van der Waals surface area contributed by atoms with Gasteiger partial charge in [0.1, 0.15) is 30.2 Å². The van der Waals surface area contributed by atoms with Gasteiger partial charge < -0.3 is 35.0 Å². The average molecular weight is 619 g/mol. The van der Waals surface area contributed by atoms with Crippen molar-refractivity contribution in [2.45, 2.75) is 143 Å². The summed E-state index contributed by atoms with van der Waals surface area (Å²) in [4.78, 5) is 13.6. The van der Waals surface area contributed by atoms with E-state index >= 15 is 0 Å². The molecule has 0 aromatic rings. The molecule has 44 heavy (non-hydrogen) atoms. The summed E-state index contributed by atoms with van der Waals surface area (Å²) in [5.41, 5.74) is 0.717. The van der Waals surface area contributed by atoms with Gasteiger partial charge in [0.15, 0.2) is 6.29 Å². The highest BCUT2D eigenvalue weighted by molar-refractivity contribution is 5.87. The Kier molecular flexibility index (Phi) is 7.94. The molecule has 0 amide bonds. The number of rotatable bonds is 4. The van der Waals surface area contributed by atoms with E-state index in [2.05, 4.69) is 54.5 Å². The van der Waals surface area contributed by atoms with Crippen LogP contribution in [0, 0.1) is 50.2 Å². The van der Waals surface area contributed by atoms with Crippen molar-refractivity contribution in [2.24, 2.45) is 50.2 Å². The zero-order valence-electron chi connectivity index (χ0n) is 28.0. The highest BCUT2D eigenvalue weighted by Crippen LogP contribution is 2.75. The first-order valence-electron chi connectivity index (χ1n) is 17.2. The van der Waals surface area contributed by atoms with E-state index in [4.69, 9.17) is 9.47 Å². The fourth-order valence-electron chi connectivity index (χ4n) is 12.0. The number of ether oxygens (including phenoxy) is 2. The van der Waals surface area contributed by atoms with Crippen molar-refractivity contribution in [1.29, 1.82) is 0 Å². The summed E-state index contributed by atoms with van der Waals surface area (Å²) < 4.78 is 12.1. The first-order valence-corrected chi connectivity index (χ1v) is 17.2. The molecule has 4 saturated carbocycles. The van der Waals surface area contributed by atoms with E-state index in [1.807, 2.05) is 0 Å². The maximum Gasteiger partial charge on any atom is 0.186 e. The third kappa shape index (κ3) is 4.37. The number of aliphatic hydroxyl groups excluding tert-OH is 5. The van der Waals surface area contributed by atoms with Crippen molar-refractivity contribution in [3.8, 4) is 0 Å². The van der Waals surface area contributed by atoms with Crippen LogP contribution in [0.15, 0.2) is 11.6 Å². The van der Waals surface area contributed by atoms with Gasteiger partial charge in [-0.3, -0.25) is 4.79 Å². The molecule has 14 atom stereocenters. The van der Waals surface area contributed by atoms with E-state index in [9.17, 15) is 30.3 Å². The lowest BCUT2D eigenvalue weighted by molar-refractivity contribution is -0.333. The molecule has 8 nitrogen and oxygen atoms in total. The Morgan fingerprint density at radius 1 is 0.886 bits per heavy atom. The van der Waals surface area contributed by atoms with Crippen LogP contribution in [-0.2, 0) is 14.3 Å². The quantitative estimate of drug-likeness (QED) is 0.234. The molecule has 5 N–H and O–H groups in total. The highest BCUT2D eigenvalue weighted by atomic mass is 16.7. The number of Topliss-reactive ketones (excluding diaryl/α,β-unsaturated/α-hetero) is 1. The number of fused-ring (bicyclic) bond motifs is 7. The van der Waals surface area contributed by atoms with Crippen LogP contribution in [0.3, 0.4) is 0 Å². The van der Waals surface area contributed by atoms with Crippen LogP contribution in [0.2, 0.25) is 0 Å². The molecule has 1 saturated heterocycles. The molecule has 0 unspecified atom stereocenters. The van der Waals surface area contributed by atoms with Crippen molar-refractivity contribution < 1.29 is 39.8 Å². The Labute approximate surface area is 263 Å². The Morgan fingerprint density at radius 2 is 1.59 bits per heavy atom. The predicted molar refractivity (Wildman–Crippen MR) is 165 cm³/mol. The lowest BCUT2D eigenvalue weighted by Crippen LogP contribution is -2.67. The van der Waals surface area contributed by atoms with Crippen LogP contribution in [0.25, 0.3) is 0 Å². The lowest BCUT2D eigenvalue weighted by Gasteiger charge is -2.71. The standard InChI is InChI=1S/C36H58O8/c1-31(2)16-21-20-8-9-24-33(4)12-11-26(44-30-29(42)28(41)27(40)22(18-37)43-30)34(5,19-38)23(33)10-13-36(24,7)35(20,6)15-14-32(21,3)25(39)17-31/h8,21-24,26-30,37-38,40-42H,9-19H2,1-7H3/t21-,22+,23+,24+,26-,27+,28-,29+,30-,32+,33-,34+,35+,36+/m0/s1. The van der Waals surface area contributed by atoms with Crippen LogP contribution in [0.5, 0.6) is 0 Å². The van der Waals surface area contributed by atoms with E-state index in [1.165, 1.54) is 5.57 Å². The number of carbonyl (C=O) groups excluding carboxylic acids is 1. The number of aliphatic hydroxyl groups is 5. The second-order valence-corrected chi connectivity index (χ2v) is 17.8. The molecule has 5 fully saturated rings. The fraction of sp³-hybridized carbons (Fsp3) is 0.917. The van der Waals surface area contributed by atoms with Crippen LogP contribution in [0.4, 0.5) is 0 Å². The highest BCUT2D eigenvalue weighted by Gasteiger charge is 2.69. The summed E-state index contributed by atoms with van der Waals surface area (Å²) in [6, 6.07) is 0. The lowest BCUT2D eigenvalue weighted by atomic mass is 9.33. The zero-order valence-corrected chi connectivity index (χ0v) is 28.0. The third-order valence-corrected chi connectivity index (χ3v) is 15.1. The molecular formula is C36H58O8. The summed E-state index contributed by atoms with van der Waals surface area (Å²) in [5.74, 6) is 1.33. The Hall–Kier alpha value is -0.870. The van der Waals surface area contributed by atoms with Crippen LogP contribution in [-0.4, -0.2) is 81.3 Å². The summed E-state index contributed by atoms with van der Waals surface area (Å²) >= 11 is 0. The van der Waals surface area contributed by atoms with Gasteiger partial charge in [-0.2, -0.15) is 0 Å². The molecule has 6 rings (SSSR count). The summed E-state index contributed by atoms with van der Waals surface area (Å²) in [6.45, 7) is 15.7. The van der Waals surface area contributed by atoms with Crippen molar-refractivity contribution in [1.82, 2.24) is 0 Å². The van der Waals surface area contributed by atoms with Gasteiger partial charge in [0.25, 0.3) is 0 Å². The Balaban J connectivity index is 1.30. The number of ketones is 1. The molecule has 1 heterocycles. The van der Waals surface area contributed by atoms with E-state index in [-0.39, 0.29) is 39.6 Å². The van der Waals surface area contributed by atoms with Gasteiger partial charge in [0, 0.05) is 17.3 Å². The summed E-state index contributed by atoms with van der Waals surface area (Å²) in [6.07, 6.45) is 3.74. The molecule has 6 aliphatic rings. The van der Waals surface area contributed by atoms with Crippen molar-refractivity contribution in [3.05, 3.63) is 11.6 Å². The Bertz CT molecular complexity index is 1180. The first kappa shape index (κ1) is 33.0. The fourth-order valence-corrected chi connectivity index (χ4v) is 12.0. The second kappa shape index (κ2) is 10.6. The van der Waals surface area contributed by atoms with Gasteiger partial charge in [-0.15, -0.1) is 0 Å². The van der Waals surface area contributed by atoms with Crippen molar-refractivity contribution >= 4 is 5.78 Å². The number of hydrogen-bond donors (Lipinski definition) is 5. The van der Waals surface area contributed by atoms with Crippen molar-refractivity contribution in [3.63, 3.8) is 0 Å². The molecule has 0 bridgehead atoms. The molecule has 8 heteroatoms. The molecule has 250 valence electrons. The molecule has 1 aliphatic heterocycles. The molecule has 0 spiro atoms. The topological polar surface area (TPSA) is 137 Å². The maximum absolute atomic E-state index is 13.6. The zero-order chi connectivity index (χ0) is 32.3. The third-order valence-electron chi connectivity index (χ3n) is 15.1. The van der Waals surface area contributed by atoms with Gasteiger partial charge in [-0.1, -0.05) is 60.1 Å². The minimum absolute atomic E-state index is 0.0149. The molecule has 0 aromatic carbocycles. The normalized spacial score (nSPS) is 55.2. The van der Waals surface area contributed by atoms with Gasteiger partial charge in [0.2, 0.25) is 0 Å². The number of allylic oxidation sites excluding steroid dienone is 2. The molecule has 0 radical (unpaired) electrons. The van der Waals surface area contributed by atoms with Gasteiger partial charge in [-0.05, 0) is 90.8 Å². The molecular weight excluding hydrogens is 560 g/mol. The predicted octanol–water partition coefficient (Wildman–Crippen LogP) is 4.14. The summed E-state index contributed by atoms with van der Waals surface area (Å²) in [7, 11) is 0. The first-order chi connectivity index (χ1) is 20.4. The van der Waals surface area contributed by atoms with E-state index in [0.717, 1.165) is 44.9 Å². The minimum Gasteiger partial charge on any atom is -0.396 e. The number of hydrogen-bond acceptors (Lipinski definition) is 8. The van der Waals surface area contributed by atoms with E-state index in [1.54, 1.807) is 0 Å². The van der Waals surface area contributed by atoms with Gasteiger partial charge in [0.05, 0.1) is 19.3 Å². The largest absolute Gasteiger partial charge is 0.396 e. The minimum atomic E-state index is -1.50. The number of carbonyl (C=O) groups is 1. The molecule has 5 aliphatic carbocycles. The van der Waals surface area contributed by atoms with Gasteiger partial charge >= 0.3 is 0 Å². The van der Waals surface area contributed by atoms with Crippen LogP contribution in [0.1, 0.15) is 106 Å². The van der Waals surface area contributed by atoms with Gasteiger partial charge in [-0.25, -0.2) is 0 Å². The summed E-state index contributed by atoms with van der Waals surface area (Å²) in [5, 5.41) is 52.1. The van der Waals surface area contributed by atoms with Crippen molar-refractivity contribution in [2.75, 3.05) is 13.2 Å².